The summed E-state index contributed by atoms with van der Waals surface area (Å²) in [7, 11) is 0. The fourth-order valence-electron chi connectivity index (χ4n) is 2.88. The van der Waals surface area contributed by atoms with Crippen LogP contribution in [0, 0.1) is 0 Å². The Labute approximate surface area is 138 Å². The molecule has 7 nitrogen and oxygen atoms in total. The van der Waals surface area contributed by atoms with E-state index in [0.29, 0.717) is 18.8 Å². The topological polar surface area (TPSA) is 92.8 Å². The van der Waals surface area contributed by atoms with E-state index in [2.05, 4.69) is 25.9 Å². The van der Waals surface area contributed by atoms with Gasteiger partial charge < -0.3 is 10.1 Å². The molecule has 4 rings (SSSR count). The molecule has 0 unspecified atom stereocenters. The van der Waals surface area contributed by atoms with Gasteiger partial charge in [0.1, 0.15) is 11.5 Å². The minimum atomic E-state index is -0.392. The lowest BCUT2D eigenvalue weighted by Crippen LogP contribution is -2.33. The van der Waals surface area contributed by atoms with Crippen molar-refractivity contribution in [3.8, 4) is 11.5 Å². The van der Waals surface area contributed by atoms with E-state index in [1.54, 1.807) is 0 Å². The molecule has 0 bridgehead atoms. The van der Waals surface area contributed by atoms with E-state index >= 15 is 0 Å². The maximum absolute atomic E-state index is 12.8. The van der Waals surface area contributed by atoms with Gasteiger partial charge in [0.05, 0.1) is 5.92 Å². The molecule has 2 N–H and O–H groups in total. The predicted octanol–water partition coefficient (Wildman–Crippen LogP) is 1.80. The highest BCUT2D eigenvalue weighted by atomic mass is 16.5. The molecule has 0 radical (unpaired) electrons. The Morgan fingerprint density at radius 3 is 2.38 bits per heavy atom. The quantitative estimate of drug-likeness (QED) is 0.764. The molecule has 0 atom stereocenters. The van der Waals surface area contributed by atoms with Crippen LogP contribution < -0.4 is 10.1 Å². The molecule has 7 heteroatoms. The Morgan fingerprint density at radius 1 is 1.08 bits per heavy atom. The number of benzene rings is 2. The Hall–Kier alpha value is -3.22. The van der Waals surface area contributed by atoms with E-state index in [0.717, 1.165) is 22.6 Å². The molecule has 0 aliphatic carbocycles. The fourth-order valence-corrected chi connectivity index (χ4v) is 2.88. The van der Waals surface area contributed by atoms with E-state index in [4.69, 9.17) is 4.74 Å². The first-order chi connectivity index (χ1) is 11.8. The molecule has 1 aliphatic heterocycles. The summed E-state index contributed by atoms with van der Waals surface area (Å²) in [5.74, 6) is 1.55. The summed E-state index contributed by atoms with van der Waals surface area (Å²) >= 11 is 0. The molecule has 0 fully saturated rings. The number of rotatable bonds is 4. The smallest absolute Gasteiger partial charge is 0.232 e. The lowest BCUT2D eigenvalue weighted by Gasteiger charge is -2.27. The molecule has 2 aromatic carbocycles. The third-order valence-electron chi connectivity index (χ3n) is 3.98. The van der Waals surface area contributed by atoms with Crippen molar-refractivity contribution >= 4 is 5.91 Å². The molecule has 3 aromatic rings. The summed E-state index contributed by atoms with van der Waals surface area (Å²) in [6.07, 6.45) is 0.523. The number of fused-ring (bicyclic) bond motifs is 2. The second kappa shape index (κ2) is 6.11. The second-order valence-electron chi connectivity index (χ2n) is 5.48. The first kappa shape index (κ1) is 14.4. The number of aromatic amines is 1. The minimum absolute atomic E-state index is 0.0679. The van der Waals surface area contributed by atoms with E-state index in [9.17, 15) is 4.79 Å². The number of carbonyl (C=O) groups is 1. The van der Waals surface area contributed by atoms with Crippen LogP contribution >= 0.6 is 0 Å². The number of ether oxygens (including phenoxy) is 1. The van der Waals surface area contributed by atoms with E-state index in [-0.39, 0.29) is 5.91 Å². The molecule has 24 heavy (non-hydrogen) atoms. The normalized spacial score (nSPS) is 12.8. The number of aromatic nitrogens is 4. The average Bonchev–Trinajstić information content (AvgIpc) is 3.13. The standard InChI is InChI=1S/C17H15N5O2/c23-17(18-10-9-15-19-21-22-20-15)16-11-5-1-3-7-13(11)24-14-8-4-2-6-12(14)16/h1-8,16H,9-10H2,(H,18,23)(H,19,20,21,22). The summed E-state index contributed by atoms with van der Waals surface area (Å²) in [5.41, 5.74) is 1.74. The number of hydrogen-bond donors (Lipinski definition) is 2. The van der Waals surface area contributed by atoms with Crippen molar-refractivity contribution in [2.45, 2.75) is 12.3 Å². The highest BCUT2D eigenvalue weighted by Gasteiger charge is 2.32. The van der Waals surface area contributed by atoms with E-state index in [1.807, 2.05) is 48.5 Å². The lowest BCUT2D eigenvalue weighted by atomic mass is 9.87. The molecule has 2 heterocycles. The van der Waals surface area contributed by atoms with Gasteiger partial charge in [-0.2, -0.15) is 5.21 Å². The van der Waals surface area contributed by atoms with Crippen molar-refractivity contribution in [2.75, 3.05) is 6.54 Å². The highest BCUT2D eigenvalue weighted by Crippen LogP contribution is 2.43. The van der Waals surface area contributed by atoms with Crippen molar-refractivity contribution in [1.82, 2.24) is 25.9 Å². The molecule has 0 saturated heterocycles. The summed E-state index contributed by atoms with van der Waals surface area (Å²) in [4.78, 5) is 12.8. The number of nitrogens with one attached hydrogen (secondary N) is 2. The van der Waals surface area contributed by atoms with Crippen LogP contribution in [0.3, 0.4) is 0 Å². The number of nitrogens with zero attached hydrogens (tertiary/aromatic N) is 3. The van der Waals surface area contributed by atoms with E-state index in [1.165, 1.54) is 0 Å². The first-order valence-corrected chi connectivity index (χ1v) is 7.68. The number of carbonyl (C=O) groups excluding carboxylic acids is 1. The van der Waals surface area contributed by atoms with Crippen LogP contribution in [0.15, 0.2) is 48.5 Å². The SMILES string of the molecule is O=C(NCCc1nn[nH]n1)C1c2ccccc2Oc2ccccc21. The zero-order chi connectivity index (χ0) is 16.4. The molecule has 1 amide bonds. The van der Waals surface area contributed by atoms with Gasteiger partial charge in [-0.25, -0.2) is 0 Å². The Balaban J connectivity index is 1.58. The summed E-state index contributed by atoms with van der Waals surface area (Å²) < 4.78 is 5.91. The largest absolute Gasteiger partial charge is 0.457 e. The van der Waals surface area contributed by atoms with Crippen LogP contribution in [0.5, 0.6) is 11.5 Å². The molecule has 1 aliphatic rings. The predicted molar refractivity (Wildman–Crippen MR) is 85.7 cm³/mol. The third kappa shape index (κ3) is 2.60. The lowest BCUT2D eigenvalue weighted by molar-refractivity contribution is -0.121. The Morgan fingerprint density at radius 2 is 1.75 bits per heavy atom. The van der Waals surface area contributed by atoms with Gasteiger partial charge in [-0.15, -0.1) is 10.2 Å². The van der Waals surface area contributed by atoms with Gasteiger partial charge in [0.25, 0.3) is 0 Å². The van der Waals surface area contributed by atoms with Crippen LogP contribution in [-0.4, -0.2) is 33.1 Å². The summed E-state index contributed by atoms with van der Waals surface area (Å²) in [5, 5.41) is 16.6. The van der Waals surface area contributed by atoms with Gasteiger partial charge in [0.2, 0.25) is 5.91 Å². The van der Waals surface area contributed by atoms with Crippen molar-refractivity contribution in [1.29, 1.82) is 0 Å². The Kier molecular flexibility index (Phi) is 3.66. The Bertz CT molecular complexity index is 817. The first-order valence-electron chi connectivity index (χ1n) is 7.68. The molecule has 1 aromatic heterocycles. The number of hydrogen-bond acceptors (Lipinski definition) is 5. The van der Waals surface area contributed by atoms with Gasteiger partial charge in [0, 0.05) is 24.1 Å². The van der Waals surface area contributed by atoms with Crippen molar-refractivity contribution in [2.24, 2.45) is 0 Å². The van der Waals surface area contributed by atoms with Crippen LogP contribution in [0.25, 0.3) is 0 Å². The van der Waals surface area contributed by atoms with Gasteiger partial charge in [0.15, 0.2) is 5.82 Å². The van der Waals surface area contributed by atoms with Gasteiger partial charge in [-0.05, 0) is 12.1 Å². The molecule has 120 valence electrons. The molecule has 0 spiro atoms. The number of tetrazole rings is 1. The van der Waals surface area contributed by atoms with Crippen LogP contribution in [0.1, 0.15) is 22.9 Å². The zero-order valence-electron chi connectivity index (χ0n) is 12.8. The van der Waals surface area contributed by atoms with E-state index < -0.39 is 5.92 Å². The molecule has 0 saturated carbocycles. The monoisotopic (exact) mass is 321 g/mol. The van der Waals surface area contributed by atoms with Gasteiger partial charge >= 0.3 is 0 Å². The minimum Gasteiger partial charge on any atom is -0.457 e. The number of para-hydroxylation sites is 2. The number of amides is 1. The van der Waals surface area contributed by atoms with Crippen LogP contribution in [0.2, 0.25) is 0 Å². The van der Waals surface area contributed by atoms with Crippen molar-refractivity contribution in [3.05, 3.63) is 65.5 Å². The van der Waals surface area contributed by atoms with Crippen molar-refractivity contribution in [3.63, 3.8) is 0 Å². The maximum atomic E-state index is 12.8. The number of H-pyrrole nitrogens is 1. The van der Waals surface area contributed by atoms with Gasteiger partial charge in [-0.1, -0.05) is 41.6 Å². The zero-order valence-corrected chi connectivity index (χ0v) is 12.8. The highest BCUT2D eigenvalue weighted by molar-refractivity contribution is 5.89. The fraction of sp³-hybridized carbons (Fsp3) is 0.176. The second-order valence-corrected chi connectivity index (χ2v) is 5.48. The van der Waals surface area contributed by atoms with Crippen LogP contribution in [-0.2, 0) is 11.2 Å². The van der Waals surface area contributed by atoms with Crippen LogP contribution in [0.4, 0.5) is 0 Å². The van der Waals surface area contributed by atoms with Crippen molar-refractivity contribution < 1.29 is 9.53 Å². The average molecular weight is 321 g/mol. The summed E-state index contributed by atoms with van der Waals surface area (Å²) in [6.45, 7) is 0.445. The maximum Gasteiger partial charge on any atom is 0.232 e. The van der Waals surface area contributed by atoms with Gasteiger partial charge in [-0.3, -0.25) is 4.79 Å². The third-order valence-corrected chi connectivity index (χ3v) is 3.98. The summed E-state index contributed by atoms with van der Waals surface area (Å²) in [6, 6.07) is 15.2. The molecular formula is C17H15N5O2. The molecular weight excluding hydrogens is 306 g/mol.